The highest BCUT2D eigenvalue weighted by Gasteiger charge is 2.39. The quantitative estimate of drug-likeness (QED) is 0.562. The van der Waals surface area contributed by atoms with Gasteiger partial charge in [0.25, 0.3) is 0 Å². The molecule has 0 bridgehead atoms. The number of β-lactam (4-membered cyclic amide) rings is 1. The highest BCUT2D eigenvalue weighted by molar-refractivity contribution is 5.94. The summed E-state index contributed by atoms with van der Waals surface area (Å²) in [5.74, 6) is -0.340. The van der Waals surface area contributed by atoms with Gasteiger partial charge in [-0.05, 0) is 5.56 Å². The molecule has 1 aromatic carbocycles. The fourth-order valence-electron chi connectivity index (χ4n) is 1.57. The van der Waals surface area contributed by atoms with Crippen LogP contribution in [0.2, 0.25) is 0 Å². The number of carbonyl (C=O) groups is 2. The molecule has 1 amide bonds. The third kappa shape index (κ3) is 2.05. The first-order chi connectivity index (χ1) is 7.68. The van der Waals surface area contributed by atoms with Gasteiger partial charge in [-0.1, -0.05) is 30.3 Å². The van der Waals surface area contributed by atoms with Gasteiger partial charge < -0.3 is 9.64 Å². The number of likely N-dealkylation sites (tertiary alicyclic amines) is 1. The van der Waals surface area contributed by atoms with Crippen LogP contribution in [0, 0.1) is 0 Å². The SMILES string of the molecule is CN1C(=O)C[C@H]1C(=O)OCc1ccccc1. The largest absolute Gasteiger partial charge is 0.459 e. The van der Waals surface area contributed by atoms with E-state index >= 15 is 0 Å². The van der Waals surface area contributed by atoms with Crippen molar-refractivity contribution in [2.24, 2.45) is 0 Å². The highest BCUT2D eigenvalue weighted by atomic mass is 16.5. The van der Waals surface area contributed by atoms with Gasteiger partial charge in [-0.25, -0.2) is 4.79 Å². The minimum Gasteiger partial charge on any atom is -0.459 e. The fraction of sp³-hybridized carbons (Fsp3) is 0.333. The van der Waals surface area contributed by atoms with Crippen LogP contribution in [-0.4, -0.2) is 29.9 Å². The summed E-state index contributed by atoms with van der Waals surface area (Å²) in [5, 5.41) is 0. The maximum atomic E-state index is 11.5. The van der Waals surface area contributed by atoms with Gasteiger partial charge in [-0.2, -0.15) is 0 Å². The number of esters is 1. The van der Waals surface area contributed by atoms with Crippen molar-refractivity contribution in [3.05, 3.63) is 35.9 Å². The van der Waals surface area contributed by atoms with Gasteiger partial charge in [0.05, 0.1) is 6.42 Å². The van der Waals surface area contributed by atoms with Gasteiger partial charge >= 0.3 is 5.97 Å². The van der Waals surface area contributed by atoms with Crippen LogP contribution in [0.25, 0.3) is 0 Å². The Balaban J connectivity index is 1.83. The van der Waals surface area contributed by atoms with E-state index in [4.69, 9.17) is 4.74 Å². The fourth-order valence-corrected chi connectivity index (χ4v) is 1.57. The molecule has 0 radical (unpaired) electrons. The van der Waals surface area contributed by atoms with Gasteiger partial charge in [-0.15, -0.1) is 0 Å². The molecule has 0 saturated carbocycles. The number of ether oxygens (including phenoxy) is 1. The Morgan fingerprint density at radius 2 is 2.12 bits per heavy atom. The predicted molar refractivity (Wildman–Crippen MR) is 57.4 cm³/mol. The number of hydrogen-bond acceptors (Lipinski definition) is 3. The lowest BCUT2D eigenvalue weighted by Gasteiger charge is -2.34. The Bertz CT molecular complexity index is 402. The molecular weight excluding hydrogens is 206 g/mol. The zero-order chi connectivity index (χ0) is 11.5. The molecule has 1 aliphatic rings. The van der Waals surface area contributed by atoms with Crippen LogP contribution in [-0.2, 0) is 20.9 Å². The van der Waals surface area contributed by atoms with Crippen molar-refractivity contribution in [2.45, 2.75) is 19.1 Å². The minimum atomic E-state index is -0.392. The van der Waals surface area contributed by atoms with E-state index in [0.717, 1.165) is 5.56 Å². The molecule has 1 saturated heterocycles. The van der Waals surface area contributed by atoms with E-state index in [1.807, 2.05) is 30.3 Å². The standard InChI is InChI=1S/C12H13NO3/c1-13-10(7-11(13)14)12(15)16-8-9-5-3-2-4-6-9/h2-6,10H,7-8H2,1H3/t10-/m0/s1. The summed E-state index contributed by atoms with van der Waals surface area (Å²) in [6.45, 7) is 0.262. The molecule has 0 aliphatic carbocycles. The molecule has 1 heterocycles. The number of amides is 1. The third-order valence-electron chi connectivity index (χ3n) is 2.72. The zero-order valence-electron chi connectivity index (χ0n) is 9.05. The lowest BCUT2D eigenvalue weighted by Crippen LogP contribution is -2.54. The maximum absolute atomic E-state index is 11.5. The van der Waals surface area contributed by atoms with E-state index in [9.17, 15) is 9.59 Å². The first kappa shape index (κ1) is 10.7. The molecule has 0 unspecified atom stereocenters. The first-order valence-electron chi connectivity index (χ1n) is 5.14. The second kappa shape index (κ2) is 4.35. The number of likely N-dealkylation sites (N-methyl/N-ethyl adjacent to an activating group) is 1. The van der Waals surface area contributed by atoms with Crippen molar-refractivity contribution in [1.29, 1.82) is 0 Å². The molecule has 0 spiro atoms. The number of nitrogens with zero attached hydrogens (tertiary/aromatic N) is 1. The summed E-state index contributed by atoms with van der Waals surface area (Å²) in [6.07, 6.45) is 0.268. The summed E-state index contributed by atoms with van der Waals surface area (Å²) in [4.78, 5) is 23.9. The van der Waals surface area contributed by atoms with Gasteiger partial charge in [0.2, 0.25) is 5.91 Å². The molecule has 1 aliphatic heterocycles. The Morgan fingerprint density at radius 3 is 2.69 bits per heavy atom. The van der Waals surface area contributed by atoms with Crippen LogP contribution in [0.5, 0.6) is 0 Å². The van der Waals surface area contributed by atoms with Gasteiger partial charge in [-0.3, -0.25) is 4.79 Å². The molecule has 4 heteroatoms. The second-order valence-electron chi connectivity index (χ2n) is 3.82. The summed E-state index contributed by atoms with van der Waals surface area (Å²) in [7, 11) is 1.61. The topological polar surface area (TPSA) is 46.6 Å². The van der Waals surface area contributed by atoms with E-state index in [0.29, 0.717) is 0 Å². The van der Waals surface area contributed by atoms with Crippen molar-refractivity contribution in [3.8, 4) is 0 Å². The Kier molecular flexibility index (Phi) is 2.90. The molecule has 2 rings (SSSR count). The lowest BCUT2D eigenvalue weighted by molar-refractivity contribution is -0.165. The molecule has 1 fully saturated rings. The number of hydrogen-bond donors (Lipinski definition) is 0. The molecule has 0 aromatic heterocycles. The first-order valence-corrected chi connectivity index (χ1v) is 5.14. The van der Waals surface area contributed by atoms with E-state index < -0.39 is 6.04 Å². The lowest BCUT2D eigenvalue weighted by atomic mass is 10.0. The second-order valence-corrected chi connectivity index (χ2v) is 3.82. The van der Waals surface area contributed by atoms with Crippen LogP contribution in [0.4, 0.5) is 0 Å². The van der Waals surface area contributed by atoms with Gasteiger partial charge in [0.1, 0.15) is 12.6 Å². The Labute approximate surface area is 93.8 Å². The van der Waals surface area contributed by atoms with Gasteiger partial charge in [0.15, 0.2) is 0 Å². The summed E-state index contributed by atoms with van der Waals surface area (Å²) >= 11 is 0. The van der Waals surface area contributed by atoms with Crippen molar-refractivity contribution >= 4 is 11.9 Å². The Hall–Kier alpha value is -1.84. The third-order valence-corrected chi connectivity index (χ3v) is 2.72. The van der Waals surface area contributed by atoms with E-state index in [1.165, 1.54) is 4.90 Å². The molecule has 16 heavy (non-hydrogen) atoms. The molecule has 4 nitrogen and oxygen atoms in total. The van der Waals surface area contributed by atoms with Crippen LogP contribution in [0.3, 0.4) is 0 Å². The summed E-state index contributed by atoms with van der Waals surface area (Å²) < 4.78 is 5.12. The molecule has 0 N–H and O–H groups in total. The number of carbonyl (C=O) groups excluding carboxylic acids is 2. The Morgan fingerprint density at radius 1 is 1.44 bits per heavy atom. The van der Waals surface area contributed by atoms with Crippen LogP contribution in [0.15, 0.2) is 30.3 Å². The zero-order valence-corrected chi connectivity index (χ0v) is 9.05. The molecule has 84 valence electrons. The van der Waals surface area contributed by atoms with Gasteiger partial charge in [0, 0.05) is 7.05 Å². The normalized spacial score (nSPS) is 19.2. The highest BCUT2D eigenvalue weighted by Crippen LogP contribution is 2.18. The van der Waals surface area contributed by atoms with Crippen molar-refractivity contribution < 1.29 is 14.3 Å². The summed E-state index contributed by atoms with van der Waals surface area (Å²) in [5.41, 5.74) is 0.948. The molecule has 1 aromatic rings. The van der Waals surface area contributed by atoms with Crippen molar-refractivity contribution in [2.75, 3.05) is 7.05 Å². The minimum absolute atomic E-state index is 0.0124. The number of rotatable bonds is 3. The van der Waals surface area contributed by atoms with Crippen LogP contribution in [0.1, 0.15) is 12.0 Å². The molecular formula is C12H13NO3. The van der Waals surface area contributed by atoms with E-state index in [1.54, 1.807) is 7.05 Å². The van der Waals surface area contributed by atoms with E-state index in [2.05, 4.69) is 0 Å². The molecule has 1 atom stereocenters. The van der Waals surface area contributed by atoms with E-state index in [-0.39, 0.29) is 24.9 Å². The average molecular weight is 219 g/mol. The average Bonchev–Trinajstić information content (AvgIpc) is 2.33. The van der Waals surface area contributed by atoms with Crippen molar-refractivity contribution in [1.82, 2.24) is 4.90 Å². The van der Waals surface area contributed by atoms with Crippen LogP contribution < -0.4 is 0 Å². The van der Waals surface area contributed by atoms with Crippen molar-refractivity contribution in [3.63, 3.8) is 0 Å². The predicted octanol–water partition coefficient (Wildman–Crippen LogP) is 0.960. The van der Waals surface area contributed by atoms with Crippen LogP contribution >= 0.6 is 0 Å². The summed E-state index contributed by atoms with van der Waals surface area (Å²) in [6, 6.07) is 9.08. The smallest absolute Gasteiger partial charge is 0.329 e. The maximum Gasteiger partial charge on any atom is 0.329 e. The monoisotopic (exact) mass is 219 g/mol. The number of benzene rings is 1.